The van der Waals surface area contributed by atoms with Gasteiger partial charge in [-0.15, -0.1) is 0 Å². The van der Waals surface area contributed by atoms with Gasteiger partial charge in [-0.25, -0.2) is 4.99 Å². The molecule has 0 saturated heterocycles. The van der Waals surface area contributed by atoms with Gasteiger partial charge in [0.05, 0.1) is 5.57 Å². The molecule has 15 heavy (non-hydrogen) atoms. The van der Waals surface area contributed by atoms with Crippen LogP contribution in [0.4, 0.5) is 0 Å². The maximum Gasteiger partial charge on any atom is 0.252 e. The highest BCUT2D eigenvalue weighted by molar-refractivity contribution is 5.99. The summed E-state index contributed by atoms with van der Waals surface area (Å²) in [4.78, 5) is 15.3. The van der Waals surface area contributed by atoms with Crippen molar-refractivity contribution in [2.24, 2.45) is 10.7 Å². The van der Waals surface area contributed by atoms with E-state index in [0.717, 1.165) is 17.8 Å². The van der Waals surface area contributed by atoms with Crippen LogP contribution in [-0.4, -0.2) is 11.6 Å². The van der Waals surface area contributed by atoms with E-state index in [4.69, 9.17) is 5.73 Å². The van der Waals surface area contributed by atoms with Gasteiger partial charge in [-0.3, -0.25) is 4.79 Å². The van der Waals surface area contributed by atoms with Gasteiger partial charge >= 0.3 is 0 Å². The second-order valence-electron chi connectivity index (χ2n) is 3.23. The SMILES string of the molecule is C=C/C(C(N)=O)=C1/N=C(C)C=C(CC)N1. The first-order chi connectivity index (χ1) is 7.08. The highest BCUT2D eigenvalue weighted by Gasteiger charge is 2.13. The lowest BCUT2D eigenvalue weighted by atomic mass is 10.2. The number of primary amides is 1. The fourth-order valence-electron chi connectivity index (χ4n) is 1.31. The Balaban J connectivity index is 3.15. The lowest BCUT2D eigenvalue weighted by Crippen LogP contribution is -2.23. The topological polar surface area (TPSA) is 67.5 Å². The lowest BCUT2D eigenvalue weighted by Gasteiger charge is -2.16. The van der Waals surface area contributed by atoms with Crippen molar-refractivity contribution < 1.29 is 4.79 Å². The van der Waals surface area contributed by atoms with Gasteiger partial charge in [0.25, 0.3) is 5.91 Å². The lowest BCUT2D eigenvalue weighted by molar-refractivity contribution is -0.114. The first-order valence-electron chi connectivity index (χ1n) is 4.77. The first kappa shape index (κ1) is 11.2. The zero-order valence-corrected chi connectivity index (χ0v) is 9.00. The molecular weight excluding hydrogens is 190 g/mol. The summed E-state index contributed by atoms with van der Waals surface area (Å²) >= 11 is 0. The van der Waals surface area contributed by atoms with Crippen LogP contribution < -0.4 is 11.1 Å². The Morgan fingerprint density at radius 2 is 2.40 bits per heavy atom. The fourth-order valence-corrected chi connectivity index (χ4v) is 1.31. The molecule has 1 aliphatic heterocycles. The summed E-state index contributed by atoms with van der Waals surface area (Å²) < 4.78 is 0. The van der Waals surface area contributed by atoms with Crippen molar-refractivity contribution in [1.29, 1.82) is 0 Å². The number of rotatable bonds is 3. The molecule has 0 aromatic rings. The monoisotopic (exact) mass is 205 g/mol. The van der Waals surface area contributed by atoms with E-state index in [1.54, 1.807) is 0 Å². The van der Waals surface area contributed by atoms with Crippen LogP contribution in [0.25, 0.3) is 0 Å². The van der Waals surface area contributed by atoms with Crippen LogP contribution in [0.1, 0.15) is 20.3 Å². The fraction of sp³-hybridized carbons (Fsp3) is 0.273. The Kier molecular flexibility index (Phi) is 3.44. The number of hydrogen-bond acceptors (Lipinski definition) is 3. The molecule has 1 heterocycles. The molecule has 0 fully saturated rings. The van der Waals surface area contributed by atoms with E-state index < -0.39 is 5.91 Å². The maximum absolute atomic E-state index is 11.1. The Hall–Kier alpha value is -1.84. The third-order valence-corrected chi connectivity index (χ3v) is 2.06. The van der Waals surface area contributed by atoms with Crippen molar-refractivity contribution in [2.45, 2.75) is 20.3 Å². The molecule has 1 rings (SSSR count). The van der Waals surface area contributed by atoms with Crippen molar-refractivity contribution in [3.8, 4) is 0 Å². The average molecular weight is 205 g/mol. The summed E-state index contributed by atoms with van der Waals surface area (Å²) in [6.45, 7) is 7.44. The largest absolute Gasteiger partial charge is 0.365 e. The van der Waals surface area contributed by atoms with Crippen molar-refractivity contribution in [3.63, 3.8) is 0 Å². The van der Waals surface area contributed by atoms with E-state index >= 15 is 0 Å². The summed E-state index contributed by atoms with van der Waals surface area (Å²) in [6.07, 6.45) is 4.20. The number of carbonyl (C=O) groups excluding carboxylic acids is 1. The maximum atomic E-state index is 11.1. The highest BCUT2D eigenvalue weighted by atomic mass is 16.1. The van der Waals surface area contributed by atoms with Crippen molar-refractivity contribution in [2.75, 3.05) is 0 Å². The van der Waals surface area contributed by atoms with E-state index in [-0.39, 0.29) is 0 Å². The predicted octanol–water partition coefficient (Wildman–Crippen LogP) is 1.23. The first-order valence-corrected chi connectivity index (χ1v) is 4.77. The Morgan fingerprint density at radius 3 is 2.87 bits per heavy atom. The number of hydrogen-bond donors (Lipinski definition) is 2. The minimum absolute atomic E-state index is 0.313. The summed E-state index contributed by atoms with van der Waals surface area (Å²) in [5.74, 6) is -0.0456. The molecule has 3 N–H and O–H groups in total. The molecule has 0 atom stereocenters. The molecule has 80 valence electrons. The van der Waals surface area contributed by atoms with Gasteiger partial charge in [-0.05, 0) is 19.4 Å². The van der Waals surface area contributed by atoms with Gasteiger partial charge < -0.3 is 11.1 Å². The van der Waals surface area contributed by atoms with E-state index in [1.165, 1.54) is 6.08 Å². The normalized spacial score (nSPS) is 18.5. The third kappa shape index (κ3) is 2.56. The number of nitrogens with two attached hydrogens (primary N) is 1. The molecule has 0 spiro atoms. The van der Waals surface area contributed by atoms with Crippen LogP contribution in [0, 0.1) is 0 Å². The van der Waals surface area contributed by atoms with Crippen LogP contribution in [0.15, 0.2) is 40.8 Å². The zero-order chi connectivity index (χ0) is 11.4. The van der Waals surface area contributed by atoms with Crippen molar-refractivity contribution >= 4 is 11.6 Å². The Morgan fingerprint density at radius 1 is 1.73 bits per heavy atom. The van der Waals surface area contributed by atoms with Gasteiger partial charge in [-0.2, -0.15) is 0 Å². The second-order valence-corrected chi connectivity index (χ2v) is 3.23. The third-order valence-electron chi connectivity index (χ3n) is 2.06. The van der Waals surface area contributed by atoms with Gasteiger partial charge in [0.2, 0.25) is 0 Å². The number of carbonyl (C=O) groups is 1. The number of aliphatic imine (C=N–C) groups is 1. The van der Waals surface area contributed by atoms with E-state index in [9.17, 15) is 4.79 Å². The van der Waals surface area contributed by atoms with E-state index in [2.05, 4.69) is 16.9 Å². The smallest absolute Gasteiger partial charge is 0.252 e. The zero-order valence-electron chi connectivity index (χ0n) is 9.00. The van der Waals surface area contributed by atoms with E-state index in [1.807, 2.05) is 19.9 Å². The Labute approximate surface area is 89.3 Å². The molecule has 4 nitrogen and oxygen atoms in total. The second kappa shape index (κ2) is 4.59. The van der Waals surface area contributed by atoms with Crippen LogP contribution in [-0.2, 0) is 4.79 Å². The van der Waals surface area contributed by atoms with Crippen molar-refractivity contribution in [3.05, 3.63) is 35.8 Å². The minimum Gasteiger partial charge on any atom is -0.365 e. The minimum atomic E-state index is -0.526. The Bertz CT molecular complexity index is 389. The highest BCUT2D eigenvalue weighted by Crippen LogP contribution is 2.13. The van der Waals surface area contributed by atoms with Gasteiger partial charge in [0.1, 0.15) is 5.82 Å². The summed E-state index contributed by atoms with van der Waals surface area (Å²) in [5, 5.41) is 3.05. The molecule has 0 unspecified atom stereocenters. The summed E-state index contributed by atoms with van der Waals surface area (Å²) in [5.41, 5.74) is 7.39. The molecule has 1 amide bonds. The molecule has 0 saturated carbocycles. The quantitative estimate of drug-likeness (QED) is 0.680. The van der Waals surface area contributed by atoms with Crippen LogP contribution in [0.5, 0.6) is 0 Å². The number of amides is 1. The van der Waals surface area contributed by atoms with Crippen LogP contribution in [0.2, 0.25) is 0 Å². The number of allylic oxidation sites excluding steroid dienone is 2. The van der Waals surface area contributed by atoms with Gasteiger partial charge in [-0.1, -0.05) is 19.6 Å². The van der Waals surface area contributed by atoms with Gasteiger partial charge in [0.15, 0.2) is 0 Å². The standard InChI is InChI=1S/C11H15N3O/c1-4-8-6-7(3)13-11(14-8)9(5-2)10(12)15/h5-6,14H,2,4H2,1,3H3,(H2,12,15)/b11-9+. The molecular formula is C11H15N3O. The number of nitrogens with one attached hydrogen (secondary N) is 1. The summed E-state index contributed by atoms with van der Waals surface area (Å²) in [7, 11) is 0. The molecule has 0 aromatic heterocycles. The molecule has 0 aliphatic carbocycles. The summed E-state index contributed by atoms with van der Waals surface area (Å²) in [6, 6.07) is 0. The number of nitrogens with zero attached hydrogens (tertiary/aromatic N) is 1. The molecule has 0 radical (unpaired) electrons. The van der Waals surface area contributed by atoms with Crippen LogP contribution in [0.3, 0.4) is 0 Å². The predicted molar refractivity (Wildman–Crippen MR) is 61.0 cm³/mol. The average Bonchev–Trinajstić information content (AvgIpc) is 2.17. The van der Waals surface area contributed by atoms with Crippen molar-refractivity contribution in [1.82, 2.24) is 5.32 Å². The molecule has 0 bridgehead atoms. The molecule has 4 heteroatoms. The van der Waals surface area contributed by atoms with E-state index in [0.29, 0.717) is 11.4 Å². The van der Waals surface area contributed by atoms with Gasteiger partial charge in [0, 0.05) is 11.4 Å². The molecule has 0 aromatic carbocycles. The van der Waals surface area contributed by atoms with Crippen LogP contribution >= 0.6 is 0 Å². The molecule has 1 aliphatic rings.